The molecule has 0 radical (unpaired) electrons. The van der Waals surface area contributed by atoms with Crippen molar-refractivity contribution in [3.05, 3.63) is 29.3 Å². The molecular formula is C12H12N2O2. The van der Waals surface area contributed by atoms with E-state index in [0.29, 0.717) is 18.5 Å². The Morgan fingerprint density at radius 2 is 2.38 bits per heavy atom. The number of anilines is 1. The topological polar surface area (TPSA) is 64.3 Å². The van der Waals surface area contributed by atoms with Crippen LogP contribution in [-0.2, 0) is 6.42 Å². The van der Waals surface area contributed by atoms with E-state index in [1.54, 1.807) is 12.1 Å². The molecule has 0 fully saturated rings. The van der Waals surface area contributed by atoms with Crippen LogP contribution in [0.4, 0.5) is 5.69 Å². The molecule has 0 amide bonds. The molecule has 82 valence electrons. The quantitative estimate of drug-likeness (QED) is 0.834. The van der Waals surface area contributed by atoms with E-state index in [1.807, 2.05) is 6.07 Å². The lowest BCUT2D eigenvalue weighted by Crippen LogP contribution is -2.21. The summed E-state index contributed by atoms with van der Waals surface area (Å²) in [6, 6.07) is 7.30. The highest BCUT2D eigenvalue weighted by atomic mass is 16.4. The molecule has 2 rings (SSSR count). The van der Waals surface area contributed by atoms with Gasteiger partial charge in [-0.3, -0.25) is 0 Å². The molecule has 1 N–H and O–H groups in total. The predicted molar refractivity (Wildman–Crippen MR) is 59.5 cm³/mol. The standard InChI is InChI=1S/C12H12N2O2/c13-5-1-6-14-7-4-9-2-3-10(12(15)16)8-11(9)14/h2-3,8H,1,4,6-7H2,(H,15,16). The molecule has 0 saturated carbocycles. The summed E-state index contributed by atoms with van der Waals surface area (Å²) in [4.78, 5) is 12.9. The average Bonchev–Trinajstić information content (AvgIpc) is 2.68. The number of carboxylic acid groups (broad SMARTS) is 1. The van der Waals surface area contributed by atoms with E-state index >= 15 is 0 Å². The summed E-state index contributed by atoms with van der Waals surface area (Å²) in [7, 11) is 0. The van der Waals surface area contributed by atoms with Gasteiger partial charge in [-0.2, -0.15) is 5.26 Å². The van der Waals surface area contributed by atoms with Crippen molar-refractivity contribution in [2.45, 2.75) is 12.8 Å². The highest BCUT2D eigenvalue weighted by Gasteiger charge is 2.19. The lowest BCUT2D eigenvalue weighted by molar-refractivity contribution is 0.0697. The van der Waals surface area contributed by atoms with Crippen molar-refractivity contribution < 1.29 is 9.90 Å². The summed E-state index contributed by atoms with van der Waals surface area (Å²) in [6.45, 7) is 1.55. The normalized spacial score (nSPS) is 13.3. The lowest BCUT2D eigenvalue weighted by Gasteiger charge is -2.17. The first-order valence-electron chi connectivity index (χ1n) is 5.20. The van der Waals surface area contributed by atoms with Gasteiger partial charge in [0.05, 0.1) is 18.1 Å². The van der Waals surface area contributed by atoms with Gasteiger partial charge in [0.2, 0.25) is 0 Å². The summed E-state index contributed by atoms with van der Waals surface area (Å²) >= 11 is 0. The molecule has 0 aromatic heterocycles. The minimum atomic E-state index is -0.907. The molecule has 0 unspecified atom stereocenters. The van der Waals surface area contributed by atoms with Gasteiger partial charge in [-0.05, 0) is 24.1 Å². The molecule has 1 aromatic carbocycles. The van der Waals surface area contributed by atoms with Crippen molar-refractivity contribution in [2.24, 2.45) is 0 Å². The molecule has 1 aliphatic heterocycles. The van der Waals surface area contributed by atoms with Gasteiger partial charge in [0, 0.05) is 18.8 Å². The Bertz CT molecular complexity index is 463. The maximum atomic E-state index is 10.9. The van der Waals surface area contributed by atoms with Crippen LogP contribution in [0.5, 0.6) is 0 Å². The maximum Gasteiger partial charge on any atom is 0.335 e. The Balaban J connectivity index is 2.27. The lowest BCUT2D eigenvalue weighted by atomic mass is 10.1. The fraction of sp³-hybridized carbons (Fsp3) is 0.333. The molecule has 16 heavy (non-hydrogen) atoms. The third kappa shape index (κ3) is 1.84. The number of nitrogens with zero attached hydrogens (tertiary/aromatic N) is 2. The predicted octanol–water partition coefficient (Wildman–Crippen LogP) is 1.66. The van der Waals surface area contributed by atoms with Crippen molar-refractivity contribution in [1.29, 1.82) is 5.26 Å². The Labute approximate surface area is 93.7 Å². The maximum absolute atomic E-state index is 10.9. The number of rotatable bonds is 3. The highest BCUT2D eigenvalue weighted by molar-refractivity contribution is 5.89. The van der Waals surface area contributed by atoms with Crippen LogP contribution >= 0.6 is 0 Å². The zero-order valence-electron chi connectivity index (χ0n) is 8.81. The first-order valence-corrected chi connectivity index (χ1v) is 5.20. The van der Waals surface area contributed by atoms with Crippen molar-refractivity contribution in [1.82, 2.24) is 0 Å². The Morgan fingerprint density at radius 3 is 3.06 bits per heavy atom. The number of benzene rings is 1. The second kappa shape index (κ2) is 4.23. The molecule has 1 aliphatic rings. The molecule has 0 bridgehead atoms. The van der Waals surface area contributed by atoms with E-state index in [4.69, 9.17) is 10.4 Å². The molecule has 0 atom stereocenters. The van der Waals surface area contributed by atoms with E-state index in [0.717, 1.165) is 18.7 Å². The second-order valence-electron chi connectivity index (χ2n) is 3.79. The number of fused-ring (bicyclic) bond motifs is 1. The highest BCUT2D eigenvalue weighted by Crippen LogP contribution is 2.28. The molecule has 0 saturated heterocycles. The van der Waals surface area contributed by atoms with E-state index in [9.17, 15) is 4.79 Å². The summed E-state index contributed by atoms with van der Waals surface area (Å²) in [5, 5.41) is 17.5. The monoisotopic (exact) mass is 216 g/mol. The zero-order chi connectivity index (χ0) is 11.5. The van der Waals surface area contributed by atoms with Gasteiger partial charge in [0.1, 0.15) is 0 Å². The van der Waals surface area contributed by atoms with Crippen molar-refractivity contribution in [3.63, 3.8) is 0 Å². The summed E-state index contributed by atoms with van der Waals surface area (Å²) in [6.07, 6.45) is 1.40. The fourth-order valence-electron chi connectivity index (χ4n) is 2.00. The van der Waals surface area contributed by atoms with E-state index in [1.165, 1.54) is 5.56 Å². The van der Waals surface area contributed by atoms with Crippen LogP contribution in [0, 0.1) is 11.3 Å². The zero-order valence-corrected chi connectivity index (χ0v) is 8.81. The van der Waals surface area contributed by atoms with E-state index in [2.05, 4.69) is 11.0 Å². The minimum absolute atomic E-state index is 0.308. The smallest absolute Gasteiger partial charge is 0.335 e. The summed E-state index contributed by atoms with van der Waals surface area (Å²) < 4.78 is 0. The number of carboxylic acids is 1. The van der Waals surface area contributed by atoms with Crippen molar-refractivity contribution in [3.8, 4) is 6.07 Å². The number of hydrogen-bond donors (Lipinski definition) is 1. The van der Waals surface area contributed by atoms with Crippen LogP contribution in [0.25, 0.3) is 0 Å². The van der Waals surface area contributed by atoms with Crippen LogP contribution in [0.1, 0.15) is 22.3 Å². The van der Waals surface area contributed by atoms with Crippen LogP contribution in [-0.4, -0.2) is 24.2 Å². The Kier molecular flexibility index (Phi) is 2.78. The van der Waals surface area contributed by atoms with Gasteiger partial charge in [-0.25, -0.2) is 4.79 Å². The first kappa shape index (κ1) is 10.5. The Hall–Kier alpha value is -2.02. The molecule has 4 nitrogen and oxygen atoms in total. The molecule has 4 heteroatoms. The third-order valence-electron chi connectivity index (χ3n) is 2.82. The van der Waals surface area contributed by atoms with Gasteiger partial charge in [0.25, 0.3) is 0 Å². The summed E-state index contributed by atoms with van der Waals surface area (Å²) in [5.41, 5.74) is 2.45. The summed E-state index contributed by atoms with van der Waals surface area (Å²) in [5.74, 6) is -0.907. The van der Waals surface area contributed by atoms with E-state index < -0.39 is 5.97 Å². The van der Waals surface area contributed by atoms with Crippen molar-refractivity contribution in [2.75, 3.05) is 18.0 Å². The number of hydrogen-bond acceptors (Lipinski definition) is 3. The minimum Gasteiger partial charge on any atom is -0.478 e. The molecule has 0 spiro atoms. The van der Waals surface area contributed by atoms with Gasteiger partial charge < -0.3 is 10.0 Å². The molecular weight excluding hydrogens is 204 g/mol. The SMILES string of the molecule is N#CCCN1CCc2ccc(C(=O)O)cc21. The number of nitriles is 1. The van der Waals surface area contributed by atoms with Crippen LogP contribution in [0.3, 0.4) is 0 Å². The average molecular weight is 216 g/mol. The fourth-order valence-corrected chi connectivity index (χ4v) is 2.00. The largest absolute Gasteiger partial charge is 0.478 e. The van der Waals surface area contributed by atoms with Gasteiger partial charge >= 0.3 is 5.97 Å². The van der Waals surface area contributed by atoms with Crippen molar-refractivity contribution >= 4 is 11.7 Å². The first-order chi connectivity index (χ1) is 7.72. The van der Waals surface area contributed by atoms with E-state index in [-0.39, 0.29) is 0 Å². The van der Waals surface area contributed by atoms with Gasteiger partial charge in [-0.1, -0.05) is 6.07 Å². The molecule has 1 aromatic rings. The molecule has 1 heterocycles. The third-order valence-corrected chi connectivity index (χ3v) is 2.82. The second-order valence-corrected chi connectivity index (χ2v) is 3.79. The molecule has 0 aliphatic carbocycles. The van der Waals surface area contributed by atoms with Crippen LogP contribution < -0.4 is 4.90 Å². The Morgan fingerprint density at radius 1 is 1.56 bits per heavy atom. The number of aromatic carboxylic acids is 1. The van der Waals surface area contributed by atoms with Gasteiger partial charge in [-0.15, -0.1) is 0 Å². The van der Waals surface area contributed by atoms with Crippen LogP contribution in [0.2, 0.25) is 0 Å². The van der Waals surface area contributed by atoms with Gasteiger partial charge in [0.15, 0.2) is 0 Å². The number of carbonyl (C=O) groups is 1. The van der Waals surface area contributed by atoms with Crippen LogP contribution in [0.15, 0.2) is 18.2 Å².